The van der Waals surface area contributed by atoms with Crippen molar-refractivity contribution in [2.75, 3.05) is 24.7 Å². The lowest BCUT2D eigenvalue weighted by atomic mass is 9.75. The van der Waals surface area contributed by atoms with Crippen molar-refractivity contribution in [3.05, 3.63) is 71.5 Å². The van der Waals surface area contributed by atoms with Gasteiger partial charge in [0.1, 0.15) is 6.10 Å². The normalized spacial score (nSPS) is 27.4. The van der Waals surface area contributed by atoms with E-state index in [9.17, 15) is 25.2 Å². The molecule has 264 valence electrons. The Morgan fingerprint density at radius 3 is 2.78 bits per heavy atom. The minimum atomic E-state index is -0.548. The number of hydrogen-bond acceptors (Lipinski definition) is 12. The lowest BCUT2D eigenvalue weighted by Crippen LogP contribution is -2.39. The summed E-state index contributed by atoms with van der Waals surface area (Å²) in [7, 11) is 3.52. The Kier molecular flexibility index (Phi) is 11.7. The smallest absolute Gasteiger partial charge is 0.302 e. The van der Waals surface area contributed by atoms with Gasteiger partial charge in [0.2, 0.25) is 5.75 Å². The predicted octanol–water partition coefficient (Wildman–Crippen LogP) is 6.53. The van der Waals surface area contributed by atoms with Gasteiger partial charge in [0, 0.05) is 62.1 Å². The summed E-state index contributed by atoms with van der Waals surface area (Å²) < 4.78 is 24.9. The maximum Gasteiger partial charge on any atom is 0.302 e. The molecular weight excluding hydrogens is 667 g/mol. The van der Waals surface area contributed by atoms with Gasteiger partial charge in [-0.1, -0.05) is 33.7 Å². The number of nitrogens with zero attached hydrogens (tertiary/aromatic N) is 1. The molecule has 3 heterocycles. The molecule has 10 nitrogen and oxygen atoms in total. The van der Waals surface area contributed by atoms with Gasteiger partial charge in [-0.05, 0) is 85.0 Å². The number of carbonyl (C=O) groups is 1. The number of hydrogen-bond donors (Lipinski definition) is 4. The summed E-state index contributed by atoms with van der Waals surface area (Å²) in [6.07, 6.45) is 7.65. The highest BCUT2D eigenvalue weighted by Gasteiger charge is 2.40. The number of benzene rings is 2. The third kappa shape index (κ3) is 9.08. The second-order valence-corrected chi connectivity index (χ2v) is 16.0. The topological polar surface area (TPSA) is 148 Å². The number of aromatic nitrogens is 1. The molecule has 2 aliphatic heterocycles. The van der Waals surface area contributed by atoms with Crippen LogP contribution < -0.4 is 9.47 Å². The molecule has 0 radical (unpaired) electrons. The second kappa shape index (κ2) is 16.1. The molecule has 1 aliphatic carbocycles. The quantitative estimate of drug-likeness (QED) is 0.115. The molecule has 6 rings (SSSR count). The van der Waals surface area contributed by atoms with Crippen molar-refractivity contribution in [2.45, 2.75) is 82.7 Å². The Balaban J connectivity index is 1.25. The number of aliphatic hydroxyl groups excluding tert-OH is 1. The number of aromatic hydroxyl groups is 3. The Bertz CT molecular complexity index is 1580. The molecule has 4 N–H and O–H groups in total. The van der Waals surface area contributed by atoms with E-state index < -0.39 is 12.2 Å². The molecule has 2 fully saturated rings. The summed E-state index contributed by atoms with van der Waals surface area (Å²) in [6.45, 7) is 1.75. The number of pyridine rings is 1. The first kappa shape index (κ1) is 35.5. The summed E-state index contributed by atoms with van der Waals surface area (Å²) in [5.41, 5.74) is 2.34. The zero-order chi connectivity index (χ0) is 34.4. The molecule has 2 aromatic carbocycles. The average Bonchev–Trinajstić information content (AvgIpc) is 3.10. The zero-order valence-corrected chi connectivity index (χ0v) is 29.3. The van der Waals surface area contributed by atoms with Gasteiger partial charge in [-0.25, -0.2) is 0 Å². The molecule has 3 aliphatic rings. The van der Waals surface area contributed by atoms with Crippen molar-refractivity contribution in [3.8, 4) is 28.7 Å². The maximum absolute atomic E-state index is 12.2. The summed E-state index contributed by atoms with van der Waals surface area (Å²) in [5, 5.41) is 42.5. The van der Waals surface area contributed by atoms with Gasteiger partial charge >= 0.3 is 5.97 Å². The van der Waals surface area contributed by atoms with Crippen molar-refractivity contribution in [3.63, 3.8) is 0 Å². The van der Waals surface area contributed by atoms with Crippen LogP contribution in [0.15, 0.2) is 54.9 Å². The minimum Gasteiger partial charge on any atom is -0.504 e. The van der Waals surface area contributed by atoms with Crippen molar-refractivity contribution < 1.29 is 44.2 Å². The van der Waals surface area contributed by atoms with Crippen molar-refractivity contribution in [2.24, 2.45) is 11.3 Å². The van der Waals surface area contributed by atoms with Gasteiger partial charge in [0.15, 0.2) is 23.0 Å². The van der Waals surface area contributed by atoms with Crippen LogP contribution in [0.5, 0.6) is 28.7 Å². The molecule has 6 atom stereocenters. The largest absolute Gasteiger partial charge is 0.504 e. The third-order valence-corrected chi connectivity index (χ3v) is 12.5. The van der Waals surface area contributed by atoms with Crippen LogP contribution in [0.1, 0.15) is 68.2 Å². The fourth-order valence-electron chi connectivity index (χ4n) is 7.17. The number of fused-ring (bicyclic) bond motifs is 4. The number of carbonyl (C=O) groups excluding carboxylic acids is 1. The van der Waals surface area contributed by atoms with Gasteiger partial charge in [0.25, 0.3) is 0 Å². The number of aliphatic hydroxyl groups is 1. The highest BCUT2D eigenvalue weighted by atomic mass is 33.1. The summed E-state index contributed by atoms with van der Waals surface area (Å²) in [4.78, 5) is 16.3. The van der Waals surface area contributed by atoms with E-state index in [0.717, 1.165) is 48.3 Å². The summed E-state index contributed by atoms with van der Waals surface area (Å²) in [5.74, 6) is 1.14. The Labute approximate surface area is 294 Å². The third-order valence-electron chi connectivity index (χ3n) is 9.77. The van der Waals surface area contributed by atoms with Crippen molar-refractivity contribution in [1.29, 1.82) is 0 Å². The van der Waals surface area contributed by atoms with Crippen LogP contribution in [0.25, 0.3) is 0 Å². The van der Waals surface area contributed by atoms with E-state index in [1.807, 2.05) is 24.3 Å². The molecule has 3 aromatic rings. The number of esters is 1. The van der Waals surface area contributed by atoms with E-state index in [-0.39, 0.29) is 65.7 Å². The summed E-state index contributed by atoms with van der Waals surface area (Å²) in [6, 6.07) is 12.4. The van der Waals surface area contributed by atoms with Crippen LogP contribution in [-0.2, 0) is 27.1 Å². The fraction of sp³-hybridized carbons (Fsp3) is 0.514. The van der Waals surface area contributed by atoms with Crippen LogP contribution in [-0.4, -0.2) is 74.4 Å². The van der Waals surface area contributed by atoms with E-state index in [1.54, 1.807) is 46.1 Å². The maximum atomic E-state index is 12.2. The van der Waals surface area contributed by atoms with Gasteiger partial charge in [-0.15, -0.1) is 0 Å². The van der Waals surface area contributed by atoms with Crippen molar-refractivity contribution in [1.82, 2.24) is 4.98 Å². The van der Waals surface area contributed by atoms with Crippen LogP contribution >= 0.6 is 21.6 Å². The monoisotopic (exact) mass is 711 g/mol. The molecule has 4 bridgehead atoms. The lowest BCUT2D eigenvalue weighted by molar-refractivity contribution is -0.163. The highest BCUT2D eigenvalue weighted by Crippen LogP contribution is 2.47. The molecule has 0 spiro atoms. The average molecular weight is 712 g/mol. The minimum absolute atomic E-state index is 0.0122. The lowest BCUT2D eigenvalue weighted by Gasteiger charge is -2.39. The van der Waals surface area contributed by atoms with E-state index in [1.165, 1.54) is 13.0 Å². The number of phenols is 3. The van der Waals surface area contributed by atoms with Crippen molar-refractivity contribution >= 4 is 27.6 Å². The molecule has 0 unspecified atom stereocenters. The molecule has 0 amide bonds. The fourth-order valence-corrected chi connectivity index (χ4v) is 10.3. The predicted molar refractivity (Wildman–Crippen MR) is 188 cm³/mol. The van der Waals surface area contributed by atoms with Crippen LogP contribution in [0.3, 0.4) is 0 Å². The van der Waals surface area contributed by atoms with Crippen LogP contribution in [0, 0.1) is 11.3 Å². The van der Waals surface area contributed by atoms with Gasteiger partial charge in [-0.2, -0.15) is 0 Å². The Morgan fingerprint density at radius 2 is 1.98 bits per heavy atom. The molecular formula is C37H45NO9S2. The van der Waals surface area contributed by atoms with Gasteiger partial charge in [0.05, 0.1) is 24.9 Å². The number of phenolic OH excluding ortho intramolecular Hbond substituents is 3. The molecule has 1 saturated carbocycles. The Morgan fingerprint density at radius 1 is 1.10 bits per heavy atom. The standard InChI is InChI=1S/C37H45NO9S2/c1-23(40)45-29-16-32(26-14-31(42)36(43)35(15-26)44-11-8-24-4-3-10-38-19-24)47-33(17-29)27-12-25-6-7-30(41)34(13-25)46-28-5-2-9-37(18-28,21-39)22-49-48-20-27/h3-4,6-7,10,13-15,19,27-29,32-33,39,41-43H,2,5,8-9,11-12,16-18,20-22H2,1H3/t27-,28-,29-,32+,33-,37+/m1/s1. The highest BCUT2D eigenvalue weighted by molar-refractivity contribution is 8.76. The molecule has 1 saturated heterocycles. The van der Waals surface area contributed by atoms with Crippen LogP contribution in [0.2, 0.25) is 0 Å². The second-order valence-electron chi connectivity index (χ2n) is 13.5. The van der Waals surface area contributed by atoms with Gasteiger partial charge < -0.3 is 39.4 Å². The summed E-state index contributed by atoms with van der Waals surface area (Å²) >= 11 is 0. The number of rotatable bonds is 8. The molecule has 1 aromatic heterocycles. The van der Waals surface area contributed by atoms with E-state index in [2.05, 4.69) is 4.98 Å². The first-order valence-corrected chi connectivity index (χ1v) is 19.4. The van der Waals surface area contributed by atoms with E-state index in [0.29, 0.717) is 37.0 Å². The molecule has 49 heavy (non-hydrogen) atoms. The first-order valence-electron chi connectivity index (χ1n) is 16.9. The van der Waals surface area contributed by atoms with E-state index >= 15 is 0 Å². The van der Waals surface area contributed by atoms with E-state index in [4.69, 9.17) is 18.9 Å². The SMILES string of the molecule is CC(=O)O[C@@H]1C[C@@H](c2cc(O)c(O)c(OCCc3cccnc3)c2)O[C@@H]([C@H]2CSSC[C@@]3(CO)CCC[C@H](C3)Oc3cc(ccc3O)C2)C1. The molecule has 12 heteroatoms. The zero-order valence-electron chi connectivity index (χ0n) is 27.7. The van der Waals surface area contributed by atoms with Crippen LogP contribution in [0.4, 0.5) is 0 Å². The Hall–Kier alpha value is -3.32. The van der Waals surface area contributed by atoms with Gasteiger partial charge in [-0.3, -0.25) is 9.78 Å². The number of ether oxygens (including phenoxy) is 4. The first-order chi connectivity index (χ1) is 23.7.